The molecule has 6 rings (SSSR count). The number of amides is 1. The first kappa shape index (κ1) is 23.4. The molecule has 4 heterocycles. The van der Waals surface area contributed by atoms with Crippen LogP contribution < -0.4 is 5.73 Å². The molecule has 1 aliphatic heterocycles. The summed E-state index contributed by atoms with van der Waals surface area (Å²) in [5, 5.41) is 1.09. The van der Waals surface area contributed by atoms with Crippen LogP contribution in [-0.4, -0.2) is 49.1 Å². The molecule has 1 aliphatic rings. The predicted octanol–water partition coefficient (Wildman–Crippen LogP) is 5.14. The number of alkyl halides is 1. The number of carbonyl (C=O) groups excluding carboxylic acids is 1. The fraction of sp³-hybridized carbons (Fsp3) is 0.241. The maximum Gasteiger partial charge on any atom is 0.237 e. The molecule has 0 spiro atoms. The number of likely N-dealkylation sites (tertiary alicyclic amines) is 1. The number of hydrogen-bond acceptors (Lipinski definition) is 5. The van der Waals surface area contributed by atoms with Gasteiger partial charge in [-0.25, -0.2) is 15.0 Å². The molecule has 1 amide bonds. The highest BCUT2D eigenvalue weighted by atomic mass is 35.5. The third-order valence-electron chi connectivity index (χ3n) is 7.42. The minimum Gasteiger partial charge on any atom is -0.382 e. The number of halogens is 1. The topological polar surface area (TPSA) is 89.4 Å². The quantitative estimate of drug-likeness (QED) is 0.331. The SMILES string of the molecule is Nc1nccn2c(C(c3ccc4ccc(-c5ccccc5)nc4c3)C3CCN(C(=O)CCl)CC3)ncc12. The van der Waals surface area contributed by atoms with E-state index in [9.17, 15) is 4.79 Å². The molecule has 3 aromatic heterocycles. The Bertz CT molecular complexity index is 1580. The van der Waals surface area contributed by atoms with Gasteiger partial charge in [-0.05, 0) is 36.5 Å². The van der Waals surface area contributed by atoms with E-state index in [1.54, 1.807) is 12.4 Å². The first-order valence-electron chi connectivity index (χ1n) is 12.5. The number of nitrogens with zero attached hydrogens (tertiary/aromatic N) is 5. The summed E-state index contributed by atoms with van der Waals surface area (Å²) in [6.07, 6.45) is 7.14. The number of nitrogens with two attached hydrogens (primary N) is 1. The Balaban J connectivity index is 1.44. The molecule has 2 aromatic carbocycles. The summed E-state index contributed by atoms with van der Waals surface area (Å²) < 4.78 is 2.04. The van der Waals surface area contributed by atoms with Gasteiger partial charge in [0.1, 0.15) is 23.0 Å². The summed E-state index contributed by atoms with van der Waals surface area (Å²) in [5.74, 6) is 1.68. The van der Waals surface area contributed by atoms with Crippen molar-refractivity contribution in [2.24, 2.45) is 5.92 Å². The van der Waals surface area contributed by atoms with Gasteiger partial charge in [-0.15, -0.1) is 11.6 Å². The second-order valence-electron chi connectivity index (χ2n) is 9.53. The maximum atomic E-state index is 12.2. The Kier molecular flexibility index (Phi) is 6.22. The molecular weight excluding hydrogens is 484 g/mol. The molecule has 0 aliphatic carbocycles. The average Bonchev–Trinajstić information content (AvgIpc) is 3.38. The summed E-state index contributed by atoms with van der Waals surface area (Å²) in [4.78, 5) is 28.2. The minimum absolute atomic E-state index is 0.00383. The van der Waals surface area contributed by atoms with Crippen molar-refractivity contribution >= 4 is 39.7 Å². The lowest BCUT2D eigenvalue weighted by atomic mass is 9.79. The van der Waals surface area contributed by atoms with Gasteiger partial charge < -0.3 is 10.6 Å². The van der Waals surface area contributed by atoms with Gasteiger partial charge in [0.2, 0.25) is 5.91 Å². The van der Waals surface area contributed by atoms with Crippen LogP contribution in [0, 0.1) is 5.92 Å². The summed E-state index contributed by atoms with van der Waals surface area (Å²) in [6, 6.07) is 20.9. The van der Waals surface area contributed by atoms with E-state index in [-0.39, 0.29) is 23.6 Å². The standard InChI is InChI=1S/C29H27ClN6O/c30-17-26(37)35-13-10-21(11-14-35)27(29-33-18-25-28(31)32-12-15-36(25)29)22-7-6-20-8-9-23(34-24(20)16-22)19-4-2-1-3-5-19/h1-9,12,15-16,18,21,27H,10-11,13-14,17H2,(H2,31,32). The smallest absolute Gasteiger partial charge is 0.237 e. The molecule has 7 nitrogen and oxygen atoms in total. The lowest BCUT2D eigenvalue weighted by Gasteiger charge is -2.35. The zero-order chi connectivity index (χ0) is 25.4. The van der Waals surface area contributed by atoms with Crippen molar-refractivity contribution in [3.8, 4) is 11.3 Å². The van der Waals surface area contributed by atoms with Crippen molar-refractivity contribution in [2.75, 3.05) is 24.7 Å². The molecule has 5 aromatic rings. The molecule has 8 heteroatoms. The zero-order valence-corrected chi connectivity index (χ0v) is 21.1. The average molecular weight is 511 g/mol. The fourth-order valence-electron chi connectivity index (χ4n) is 5.49. The lowest BCUT2D eigenvalue weighted by Crippen LogP contribution is -2.40. The van der Waals surface area contributed by atoms with Gasteiger partial charge in [0.05, 0.1) is 17.4 Å². The van der Waals surface area contributed by atoms with E-state index in [4.69, 9.17) is 27.3 Å². The predicted molar refractivity (Wildman–Crippen MR) is 146 cm³/mol. The number of fused-ring (bicyclic) bond motifs is 2. The second-order valence-corrected chi connectivity index (χ2v) is 9.80. The Hall–Kier alpha value is -3.97. The van der Waals surface area contributed by atoms with Crippen LogP contribution in [0.25, 0.3) is 27.7 Å². The van der Waals surface area contributed by atoms with Crippen molar-refractivity contribution in [3.05, 3.63) is 90.6 Å². The number of carbonyl (C=O) groups is 1. The van der Waals surface area contributed by atoms with E-state index in [1.807, 2.05) is 33.7 Å². The normalized spacial score (nSPS) is 15.3. The van der Waals surface area contributed by atoms with E-state index < -0.39 is 0 Å². The third-order valence-corrected chi connectivity index (χ3v) is 7.65. The molecule has 0 radical (unpaired) electrons. The van der Waals surface area contributed by atoms with E-state index in [0.717, 1.165) is 51.9 Å². The lowest BCUT2D eigenvalue weighted by molar-refractivity contribution is -0.129. The molecule has 1 fully saturated rings. The van der Waals surface area contributed by atoms with Crippen LogP contribution in [0.2, 0.25) is 0 Å². The number of pyridine rings is 1. The van der Waals surface area contributed by atoms with Crippen molar-refractivity contribution in [3.63, 3.8) is 0 Å². The van der Waals surface area contributed by atoms with Gasteiger partial charge in [-0.2, -0.15) is 0 Å². The monoisotopic (exact) mass is 510 g/mol. The summed E-state index contributed by atoms with van der Waals surface area (Å²) >= 11 is 5.82. The number of piperidine rings is 1. The molecule has 1 atom stereocenters. The van der Waals surface area contributed by atoms with Crippen molar-refractivity contribution in [2.45, 2.75) is 18.8 Å². The van der Waals surface area contributed by atoms with Crippen LogP contribution >= 0.6 is 11.6 Å². The second kappa shape index (κ2) is 9.82. The zero-order valence-electron chi connectivity index (χ0n) is 20.3. The summed E-state index contributed by atoms with van der Waals surface area (Å²) in [7, 11) is 0. The van der Waals surface area contributed by atoms with E-state index >= 15 is 0 Å². The third kappa shape index (κ3) is 4.40. The highest BCUT2D eigenvalue weighted by molar-refractivity contribution is 6.27. The number of imidazole rings is 1. The highest BCUT2D eigenvalue weighted by Gasteiger charge is 2.33. The van der Waals surface area contributed by atoms with Crippen molar-refractivity contribution in [1.82, 2.24) is 24.3 Å². The minimum atomic E-state index is -0.00915. The molecular formula is C29H27ClN6O. The van der Waals surface area contributed by atoms with Crippen LogP contribution in [0.15, 0.2) is 79.3 Å². The number of nitrogen functional groups attached to an aromatic ring is 1. The number of hydrogen-bond donors (Lipinski definition) is 1. The van der Waals surface area contributed by atoms with Crippen LogP contribution in [0.3, 0.4) is 0 Å². The molecule has 2 N–H and O–H groups in total. The maximum absolute atomic E-state index is 12.2. The van der Waals surface area contributed by atoms with Gasteiger partial charge in [-0.1, -0.05) is 48.5 Å². The molecule has 37 heavy (non-hydrogen) atoms. The largest absolute Gasteiger partial charge is 0.382 e. The van der Waals surface area contributed by atoms with E-state index in [1.165, 1.54) is 0 Å². The van der Waals surface area contributed by atoms with Gasteiger partial charge in [0.15, 0.2) is 0 Å². The number of rotatable bonds is 5. The Morgan fingerprint density at radius 2 is 1.84 bits per heavy atom. The van der Waals surface area contributed by atoms with Crippen LogP contribution in [0.4, 0.5) is 5.82 Å². The van der Waals surface area contributed by atoms with Crippen molar-refractivity contribution in [1.29, 1.82) is 0 Å². The van der Waals surface area contributed by atoms with Crippen molar-refractivity contribution < 1.29 is 4.79 Å². The van der Waals surface area contributed by atoms with Crippen LogP contribution in [0.5, 0.6) is 0 Å². The Labute approximate surface area is 219 Å². The fourth-order valence-corrected chi connectivity index (χ4v) is 5.66. The van der Waals surface area contributed by atoms with Gasteiger partial charge in [-0.3, -0.25) is 9.20 Å². The number of anilines is 1. The van der Waals surface area contributed by atoms with Gasteiger partial charge in [0.25, 0.3) is 0 Å². The highest BCUT2D eigenvalue weighted by Crippen LogP contribution is 2.39. The molecule has 0 bridgehead atoms. The van der Waals surface area contributed by atoms with Crippen LogP contribution in [0.1, 0.15) is 30.1 Å². The van der Waals surface area contributed by atoms with E-state index in [0.29, 0.717) is 18.9 Å². The number of aromatic nitrogens is 4. The molecule has 1 unspecified atom stereocenters. The molecule has 1 saturated heterocycles. The first-order chi connectivity index (χ1) is 18.1. The van der Waals surface area contributed by atoms with E-state index in [2.05, 4.69) is 47.4 Å². The van der Waals surface area contributed by atoms with Crippen LogP contribution in [-0.2, 0) is 4.79 Å². The number of benzene rings is 2. The first-order valence-corrected chi connectivity index (χ1v) is 13.0. The Morgan fingerprint density at radius 3 is 2.62 bits per heavy atom. The Morgan fingerprint density at radius 1 is 1.05 bits per heavy atom. The molecule has 186 valence electrons. The van der Waals surface area contributed by atoms with Gasteiger partial charge >= 0.3 is 0 Å². The van der Waals surface area contributed by atoms with Gasteiger partial charge in [0, 0.05) is 42.4 Å². The summed E-state index contributed by atoms with van der Waals surface area (Å²) in [5.41, 5.74) is 11.1. The summed E-state index contributed by atoms with van der Waals surface area (Å²) in [6.45, 7) is 1.37. The molecule has 0 saturated carbocycles.